The quantitative estimate of drug-likeness (QED) is 0.0460. The average molecular weight is 1180 g/mol. The molecule has 10 rings (SSSR count). The molecule has 2 aliphatic rings. The Kier molecular flexibility index (Phi) is 20.5. The number of morpholine rings is 2. The van der Waals surface area contributed by atoms with Crippen LogP contribution in [-0.4, -0.2) is 109 Å². The fraction of sp³-hybridized carbons (Fsp3) is 0.294. The van der Waals surface area contributed by atoms with Gasteiger partial charge in [-0.1, -0.05) is 189 Å². The molecule has 0 bridgehead atoms. The van der Waals surface area contributed by atoms with Gasteiger partial charge in [-0.25, -0.2) is 9.59 Å². The molecule has 450 valence electrons. The molecule has 0 saturated carbocycles. The van der Waals surface area contributed by atoms with E-state index in [1.165, 1.54) is 21.5 Å². The molecule has 2 aromatic heterocycles. The number of ketones is 1. The van der Waals surface area contributed by atoms with Crippen molar-refractivity contribution < 1.29 is 43.2 Å². The zero-order chi connectivity index (χ0) is 61.5. The van der Waals surface area contributed by atoms with Crippen molar-refractivity contribution >= 4 is 23.7 Å². The van der Waals surface area contributed by atoms with E-state index in [0.717, 1.165) is 33.4 Å². The van der Waals surface area contributed by atoms with Gasteiger partial charge in [0.15, 0.2) is 12.5 Å². The second-order valence-electron chi connectivity index (χ2n) is 21.5. The molecule has 6 aromatic carbocycles. The van der Waals surface area contributed by atoms with Crippen molar-refractivity contribution in [1.29, 1.82) is 0 Å². The summed E-state index contributed by atoms with van der Waals surface area (Å²) in [5, 5.41) is 8.96. The number of aryl methyl sites for hydroxylation is 2. The van der Waals surface area contributed by atoms with E-state index in [9.17, 15) is 38.4 Å². The van der Waals surface area contributed by atoms with Crippen LogP contribution in [0.2, 0.25) is 0 Å². The molecule has 0 amide bonds. The van der Waals surface area contributed by atoms with E-state index in [1.54, 1.807) is 20.8 Å². The van der Waals surface area contributed by atoms with Crippen molar-refractivity contribution in [3.8, 4) is 0 Å². The Hall–Kier alpha value is -9.40. The number of H-pyrrole nitrogens is 2. The minimum absolute atomic E-state index is 0.00622. The van der Waals surface area contributed by atoms with Crippen LogP contribution in [-0.2, 0) is 49.2 Å². The Balaban J connectivity index is 0.000000208. The second kappa shape index (κ2) is 28.7. The maximum atomic E-state index is 13.1. The number of carboxylic acids is 1. The highest BCUT2D eigenvalue weighted by Crippen LogP contribution is 2.46. The van der Waals surface area contributed by atoms with Gasteiger partial charge in [0.25, 0.3) is 11.1 Å². The van der Waals surface area contributed by atoms with Gasteiger partial charge in [-0.2, -0.15) is 0 Å². The van der Waals surface area contributed by atoms with Gasteiger partial charge in [0, 0.05) is 62.5 Å². The number of carboxylic acid groups (broad SMARTS) is 1. The molecule has 19 heteroatoms. The molecule has 19 nitrogen and oxygen atoms in total. The fourth-order valence-corrected chi connectivity index (χ4v) is 11.6. The van der Waals surface area contributed by atoms with Crippen molar-refractivity contribution in [3.63, 3.8) is 0 Å². The first kappa shape index (κ1) is 62.1. The Bertz CT molecular complexity index is 3670. The van der Waals surface area contributed by atoms with Gasteiger partial charge in [-0.05, 0) is 47.2 Å². The monoisotopic (exact) mass is 1180 g/mol. The molecule has 4 atom stereocenters. The summed E-state index contributed by atoms with van der Waals surface area (Å²) >= 11 is 0. The first-order valence-corrected chi connectivity index (χ1v) is 28.9. The molecule has 87 heavy (non-hydrogen) atoms. The molecule has 0 spiro atoms. The molecule has 4 heterocycles. The number of hydrogen-bond donors (Lipinski definition) is 3. The zero-order valence-electron chi connectivity index (χ0n) is 48.7. The molecular formula is C68H70N6O13. The highest BCUT2D eigenvalue weighted by molar-refractivity contribution is 5.82. The summed E-state index contributed by atoms with van der Waals surface area (Å²) in [7, 11) is 0. The minimum atomic E-state index is -1.09. The molecule has 8 aromatic rings. The number of Topliss-reactive ketones (excluding diaryl/α,β-unsaturated/α-hetero) is 1. The van der Waals surface area contributed by atoms with Gasteiger partial charge >= 0.3 is 29.3 Å². The molecule has 2 saturated heterocycles. The first-order valence-electron chi connectivity index (χ1n) is 28.9. The molecule has 2 fully saturated rings. The third-order valence-corrected chi connectivity index (χ3v) is 15.7. The van der Waals surface area contributed by atoms with Gasteiger partial charge < -0.3 is 24.1 Å². The van der Waals surface area contributed by atoms with Crippen LogP contribution in [0.5, 0.6) is 0 Å². The number of aromatic amines is 2. The normalized spacial score (nSPS) is 17.3. The number of hydrogen-bond acceptors (Lipinski definition) is 14. The van der Waals surface area contributed by atoms with Crippen molar-refractivity contribution in [2.45, 2.75) is 88.6 Å². The van der Waals surface area contributed by atoms with Crippen LogP contribution in [0.4, 0.5) is 0 Å². The van der Waals surface area contributed by atoms with E-state index in [1.807, 2.05) is 109 Å². The molecule has 2 aliphatic heterocycles. The van der Waals surface area contributed by atoms with E-state index >= 15 is 0 Å². The minimum Gasteiger partial charge on any atom is -0.481 e. The highest BCUT2D eigenvalue weighted by Gasteiger charge is 2.48. The lowest BCUT2D eigenvalue weighted by molar-refractivity contribution is -0.171. The number of nitrogens with zero attached hydrogens (tertiary/aromatic N) is 4. The predicted molar refractivity (Wildman–Crippen MR) is 325 cm³/mol. The van der Waals surface area contributed by atoms with E-state index in [2.05, 4.69) is 92.6 Å². The summed E-state index contributed by atoms with van der Waals surface area (Å²) in [6, 6.07) is 60.5. The smallest absolute Gasteiger partial charge is 0.330 e. The summed E-state index contributed by atoms with van der Waals surface area (Å²) < 4.78 is 26.6. The van der Waals surface area contributed by atoms with E-state index in [-0.39, 0.29) is 57.8 Å². The van der Waals surface area contributed by atoms with Crippen molar-refractivity contribution in [2.75, 3.05) is 39.4 Å². The molecule has 3 N–H and O–H groups in total. The fourth-order valence-electron chi connectivity index (χ4n) is 11.6. The summed E-state index contributed by atoms with van der Waals surface area (Å²) in [5.41, 5.74) is 2.87. The number of benzene rings is 6. The number of nitrogens with one attached hydrogen (secondary N) is 2. The highest BCUT2D eigenvalue weighted by atomic mass is 16.6. The van der Waals surface area contributed by atoms with Crippen LogP contribution in [0.1, 0.15) is 96.0 Å². The van der Waals surface area contributed by atoms with Crippen molar-refractivity contribution in [3.05, 3.63) is 281 Å². The summed E-state index contributed by atoms with van der Waals surface area (Å²) in [6.07, 6.45) is -0.138. The molecule has 0 radical (unpaired) electrons. The van der Waals surface area contributed by atoms with Gasteiger partial charge in [0.05, 0.1) is 30.3 Å². The standard InChI is InChI=1S/C35H37N3O6.C33H33N3O7/c1-3-29(39)19-20-32(40)43-24-30-22-37(23-31(44-30)38-21-25(2)33(41)36-34(38)42)35(26-13-7-4-8-14-26,27-15-9-5-10-16-27)28-17-11-6-12-18-28;1-23-19-36(32(41)34-31(23)40)28-21-35(20-27(43-28)22-42-30(39)18-17-29(37)38)33(24-11-5-2-6-12-24,25-13-7-3-8-14-25)26-15-9-4-10-16-26/h4-18,21,30-31H,3,19-20,22-24H2,1-2H3,(H,36,41,42);2-16,19,27-28H,17-18,20-22H2,1H3,(H,37,38)(H,34,40,41)/t30-,31+;27-,28+/m00/s1. The van der Waals surface area contributed by atoms with Crippen LogP contribution < -0.4 is 22.5 Å². The van der Waals surface area contributed by atoms with Crippen LogP contribution in [0.15, 0.2) is 214 Å². The van der Waals surface area contributed by atoms with E-state index in [0.29, 0.717) is 30.6 Å². The van der Waals surface area contributed by atoms with Crippen LogP contribution >= 0.6 is 0 Å². The lowest BCUT2D eigenvalue weighted by atomic mass is 9.75. The Morgan fingerprint density at radius 1 is 0.471 bits per heavy atom. The lowest BCUT2D eigenvalue weighted by Crippen LogP contribution is -2.58. The van der Waals surface area contributed by atoms with Gasteiger partial charge in [-0.3, -0.25) is 57.7 Å². The topological polar surface area (TPSA) is 242 Å². The summed E-state index contributed by atoms with van der Waals surface area (Å²) in [5.74, 6) is -2.24. The Morgan fingerprint density at radius 2 is 0.770 bits per heavy atom. The lowest BCUT2D eigenvalue weighted by Gasteiger charge is -2.50. The second-order valence-corrected chi connectivity index (χ2v) is 21.5. The number of esters is 2. The first-order chi connectivity index (χ1) is 42.1. The largest absolute Gasteiger partial charge is 0.481 e. The van der Waals surface area contributed by atoms with Gasteiger partial charge in [0.1, 0.15) is 31.2 Å². The predicted octanol–water partition coefficient (Wildman–Crippen LogP) is 7.78. The van der Waals surface area contributed by atoms with E-state index < -0.39 is 76.1 Å². The molecule has 0 aliphatic carbocycles. The Morgan fingerprint density at radius 3 is 1.06 bits per heavy atom. The molecule has 0 unspecified atom stereocenters. The van der Waals surface area contributed by atoms with Gasteiger partial charge in [0.2, 0.25) is 0 Å². The summed E-state index contributed by atoms with van der Waals surface area (Å²) in [6.45, 7) is 5.96. The maximum absolute atomic E-state index is 13.1. The van der Waals surface area contributed by atoms with Gasteiger partial charge in [-0.15, -0.1) is 0 Å². The third kappa shape index (κ3) is 14.3. The number of carbonyl (C=O) groups is 4. The van der Waals surface area contributed by atoms with Crippen molar-refractivity contribution in [1.82, 2.24) is 28.9 Å². The third-order valence-electron chi connectivity index (χ3n) is 15.7. The SMILES string of the molecule is CCC(=O)CCC(=O)OC[C@@H]1CN(C(c2ccccc2)(c2ccccc2)c2ccccc2)C[C@H](n2cc(C)c(=O)[nH]c2=O)O1.Cc1cn([C@H]2CN(C(c3ccccc3)(c3ccccc3)c3ccccc3)C[C@@H](COC(=O)CCC(=O)O)O2)c(=O)[nH]c1=O. The van der Waals surface area contributed by atoms with Crippen molar-refractivity contribution in [2.24, 2.45) is 0 Å². The molecular weight excluding hydrogens is 1110 g/mol. The summed E-state index contributed by atoms with van der Waals surface area (Å²) in [4.78, 5) is 107. The van der Waals surface area contributed by atoms with Crippen LogP contribution in [0.3, 0.4) is 0 Å². The average Bonchev–Trinajstić information content (AvgIpc) is 0.809. The van der Waals surface area contributed by atoms with Crippen LogP contribution in [0.25, 0.3) is 0 Å². The number of aliphatic carboxylic acids is 1. The zero-order valence-corrected chi connectivity index (χ0v) is 48.7. The number of carbonyl (C=O) groups excluding carboxylic acids is 3. The maximum Gasteiger partial charge on any atom is 0.330 e. The number of ether oxygens (including phenoxy) is 4. The van der Waals surface area contributed by atoms with Crippen LogP contribution in [0, 0.1) is 13.8 Å². The van der Waals surface area contributed by atoms with E-state index in [4.69, 9.17) is 24.1 Å². The number of rotatable bonds is 21. The Labute approximate surface area is 502 Å². The number of aromatic nitrogens is 4.